The lowest BCUT2D eigenvalue weighted by Gasteiger charge is -2.19. The van der Waals surface area contributed by atoms with Crippen LogP contribution in [0.25, 0.3) is 6.08 Å². The minimum absolute atomic E-state index is 0.0198. The van der Waals surface area contributed by atoms with Gasteiger partial charge in [-0.1, -0.05) is 53.0 Å². The number of aryl methyl sites for hydroxylation is 1. The SMILES string of the molecule is Cc1cc(/C=C/C(c2cc(Cl)c(Cl)c(Cl)c2)C(F)(F)F)cc(F)c1C(=O)NC(C)CS(=O)(=O)CC(F)(F)F. The zero-order valence-electron chi connectivity index (χ0n) is 19.4. The molecule has 1 amide bonds. The van der Waals surface area contributed by atoms with Gasteiger partial charge in [0.05, 0.1) is 32.3 Å². The maximum Gasteiger partial charge on any atom is 0.402 e. The van der Waals surface area contributed by atoms with Crippen LogP contribution in [0, 0.1) is 12.7 Å². The highest BCUT2D eigenvalue weighted by molar-refractivity contribution is 7.91. The number of hydrogen-bond donors (Lipinski definition) is 1. The second kappa shape index (κ2) is 12.0. The molecule has 0 radical (unpaired) electrons. The van der Waals surface area contributed by atoms with Gasteiger partial charge >= 0.3 is 12.4 Å². The Morgan fingerprint density at radius 3 is 2.05 bits per heavy atom. The van der Waals surface area contributed by atoms with Crippen molar-refractivity contribution in [2.75, 3.05) is 11.5 Å². The summed E-state index contributed by atoms with van der Waals surface area (Å²) < 4.78 is 116. The summed E-state index contributed by atoms with van der Waals surface area (Å²) in [6.45, 7) is 2.41. The van der Waals surface area contributed by atoms with Gasteiger partial charge in [0.1, 0.15) is 11.6 Å². The monoisotopic (exact) mass is 627 g/mol. The van der Waals surface area contributed by atoms with Gasteiger partial charge in [-0.05, 0) is 48.7 Å². The van der Waals surface area contributed by atoms with Crippen molar-refractivity contribution in [2.24, 2.45) is 0 Å². The number of alkyl halides is 6. The van der Waals surface area contributed by atoms with Crippen LogP contribution in [0.1, 0.15) is 39.9 Å². The highest BCUT2D eigenvalue weighted by Crippen LogP contribution is 2.41. The smallest absolute Gasteiger partial charge is 0.348 e. The van der Waals surface area contributed by atoms with Crippen molar-refractivity contribution >= 4 is 56.6 Å². The van der Waals surface area contributed by atoms with Crippen molar-refractivity contribution in [3.8, 4) is 0 Å². The molecule has 0 saturated heterocycles. The van der Waals surface area contributed by atoms with Gasteiger partial charge in [-0.25, -0.2) is 12.8 Å². The number of sulfone groups is 1. The lowest BCUT2D eigenvalue weighted by molar-refractivity contribution is -0.139. The summed E-state index contributed by atoms with van der Waals surface area (Å²) in [4.78, 5) is 12.5. The molecule has 2 rings (SSSR count). The first-order chi connectivity index (χ1) is 17.2. The van der Waals surface area contributed by atoms with Gasteiger partial charge in [-0.3, -0.25) is 4.79 Å². The molecule has 0 spiro atoms. The van der Waals surface area contributed by atoms with Crippen molar-refractivity contribution in [3.63, 3.8) is 0 Å². The largest absolute Gasteiger partial charge is 0.402 e. The van der Waals surface area contributed by atoms with Crippen LogP contribution in [0.2, 0.25) is 15.1 Å². The van der Waals surface area contributed by atoms with Crippen LogP contribution in [0.4, 0.5) is 30.7 Å². The summed E-state index contributed by atoms with van der Waals surface area (Å²) >= 11 is 17.5. The van der Waals surface area contributed by atoms with E-state index in [1.807, 2.05) is 0 Å². The summed E-state index contributed by atoms with van der Waals surface area (Å²) in [5.41, 5.74) is -0.937. The van der Waals surface area contributed by atoms with Crippen molar-refractivity contribution in [1.82, 2.24) is 5.32 Å². The molecule has 2 aromatic carbocycles. The topological polar surface area (TPSA) is 63.2 Å². The van der Waals surface area contributed by atoms with Crippen molar-refractivity contribution in [2.45, 2.75) is 38.2 Å². The minimum atomic E-state index is -4.97. The number of amides is 1. The fourth-order valence-electron chi connectivity index (χ4n) is 3.55. The molecule has 0 saturated carbocycles. The standard InChI is InChI=1S/C23H19Cl3F7NO3S/c1-11-5-13(3-4-15(23(31,32)33)14-7-16(24)20(26)17(25)8-14)6-18(27)19(11)21(35)34-12(2)9-38(36,37)10-22(28,29)30/h3-8,12,15H,9-10H2,1-2H3,(H,34,35)/b4-3+. The molecule has 38 heavy (non-hydrogen) atoms. The lowest BCUT2D eigenvalue weighted by Crippen LogP contribution is -2.40. The third-order valence-corrected chi connectivity index (χ3v) is 7.97. The molecule has 0 bridgehead atoms. The third kappa shape index (κ3) is 9.03. The predicted octanol–water partition coefficient (Wildman–Crippen LogP) is 7.55. The molecule has 4 nitrogen and oxygen atoms in total. The fraction of sp³-hybridized carbons (Fsp3) is 0.348. The molecule has 0 fully saturated rings. The Bertz CT molecular complexity index is 1300. The molecule has 0 aliphatic heterocycles. The molecular weight excluding hydrogens is 610 g/mol. The molecule has 1 N–H and O–H groups in total. The van der Waals surface area contributed by atoms with Crippen LogP contribution in [0.5, 0.6) is 0 Å². The predicted molar refractivity (Wildman–Crippen MR) is 132 cm³/mol. The molecule has 210 valence electrons. The van der Waals surface area contributed by atoms with Gasteiger partial charge in [0, 0.05) is 6.04 Å². The molecule has 2 atom stereocenters. The average Bonchev–Trinajstić information content (AvgIpc) is 2.67. The maximum absolute atomic E-state index is 14.8. The lowest BCUT2D eigenvalue weighted by atomic mass is 9.96. The number of benzene rings is 2. The van der Waals surface area contributed by atoms with E-state index in [0.29, 0.717) is 0 Å². The van der Waals surface area contributed by atoms with E-state index in [9.17, 15) is 43.9 Å². The van der Waals surface area contributed by atoms with E-state index in [-0.39, 0.29) is 31.8 Å². The molecule has 2 unspecified atom stereocenters. The van der Waals surface area contributed by atoms with E-state index in [4.69, 9.17) is 34.8 Å². The van der Waals surface area contributed by atoms with E-state index >= 15 is 0 Å². The minimum Gasteiger partial charge on any atom is -0.348 e. The van der Waals surface area contributed by atoms with E-state index in [2.05, 4.69) is 5.32 Å². The van der Waals surface area contributed by atoms with Crippen LogP contribution in [0.3, 0.4) is 0 Å². The summed E-state index contributed by atoms with van der Waals surface area (Å²) in [7, 11) is -4.61. The highest BCUT2D eigenvalue weighted by atomic mass is 35.5. The molecule has 15 heteroatoms. The first kappa shape index (κ1) is 32.2. The van der Waals surface area contributed by atoms with Crippen LogP contribution in [0.15, 0.2) is 30.3 Å². The van der Waals surface area contributed by atoms with Crippen molar-refractivity contribution in [1.29, 1.82) is 0 Å². The summed E-state index contributed by atoms with van der Waals surface area (Å²) in [6.07, 6.45) is -8.05. The van der Waals surface area contributed by atoms with E-state index in [1.165, 1.54) is 13.0 Å². The summed E-state index contributed by atoms with van der Waals surface area (Å²) in [5, 5.41) is 1.59. The zero-order chi connectivity index (χ0) is 29.2. The van der Waals surface area contributed by atoms with Gasteiger partial charge < -0.3 is 5.32 Å². The zero-order valence-corrected chi connectivity index (χ0v) is 22.5. The number of allylic oxidation sites excluding steroid dienone is 1. The average molecular weight is 629 g/mol. The molecular formula is C23H19Cl3F7NO3S. The van der Waals surface area contributed by atoms with Crippen molar-refractivity contribution < 1.29 is 43.9 Å². The van der Waals surface area contributed by atoms with Gasteiger partial charge in [-0.2, -0.15) is 26.3 Å². The van der Waals surface area contributed by atoms with E-state index in [0.717, 1.165) is 37.3 Å². The first-order valence-electron chi connectivity index (χ1n) is 10.5. The Morgan fingerprint density at radius 1 is 1.03 bits per heavy atom. The van der Waals surface area contributed by atoms with E-state index < -0.39 is 62.9 Å². The number of carbonyl (C=O) groups excluding carboxylic acids is 1. The quantitative estimate of drug-likeness (QED) is 0.243. The molecule has 0 aliphatic carbocycles. The normalized spacial score (nSPS) is 14.5. The molecule has 2 aromatic rings. The number of rotatable bonds is 8. The van der Waals surface area contributed by atoms with E-state index in [1.54, 1.807) is 0 Å². The molecule has 0 heterocycles. The fourth-order valence-corrected chi connectivity index (χ4v) is 5.63. The van der Waals surface area contributed by atoms with Crippen LogP contribution >= 0.6 is 34.8 Å². The summed E-state index contributed by atoms with van der Waals surface area (Å²) in [6, 6.07) is 2.67. The van der Waals surface area contributed by atoms with Gasteiger partial charge in [0.2, 0.25) is 0 Å². The number of nitrogens with one attached hydrogen (secondary N) is 1. The highest BCUT2D eigenvalue weighted by Gasteiger charge is 2.39. The Balaban J connectivity index is 2.28. The van der Waals surface area contributed by atoms with Crippen LogP contribution < -0.4 is 5.32 Å². The maximum atomic E-state index is 14.8. The summed E-state index contributed by atoms with van der Waals surface area (Å²) in [5.74, 6) is -7.57. The Hall–Kier alpha value is -2.02. The van der Waals surface area contributed by atoms with Gasteiger partial charge in [-0.15, -0.1) is 0 Å². The Labute approximate surface area is 228 Å². The Kier molecular flexibility index (Phi) is 10.2. The molecule has 0 aromatic heterocycles. The first-order valence-corrected chi connectivity index (χ1v) is 13.4. The van der Waals surface area contributed by atoms with Gasteiger partial charge in [0.25, 0.3) is 5.91 Å². The second-order valence-corrected chi connectivity index (χ2v) is 11.7. The third-order valence-electron chi connectivity index (χ3n) is 5.00. The van der Waals surface area contributed by atoms with Crippen LogP contribution in [-0.2, 0) is 9.84 Å². The number of carbonyl (C=O) groups is 1. The Morgan fingerprint density at radius 2 is 1.58 bits per heavy atom. The molecule has 0 aliphatic rings. The second-order valence-electron chi connectivity index (χ2n) is 8.42. The van der Waals surface area contributed by atoms with Crippen LogP contribution in [-0.4, -0.2) is 44.2 Å². The number of halogens is 10. The number of hydrogen-bond acceptors (Lipinski definition) is 3. The van der Waals surface area contributed by atoms with Gasteiger partial charge in [0.15, 0.2) is 9.84 Å². The van der Waals surface area contributed by atoms with Crippen molar-refractivity contribution in [3.05, 3.63) is 73.5 Å².